The molecule has 7 nitrogen and oxygen atoms in total. The zero-order valence-corrected chi connectivity index (χ0v) is 16.8. The Hall–Kier alpha value is -3.00. The van der Waals surface area contributed by atoms with Crippen molar-refractivity contribution in [1.82, 2.24) is 10.2 Å². The molecule has 0 aliphatic heterocycles. The molecule has 0 bridgehead atoms. The second kappa shape index (κ2) is 7.79. The summed E-state index contributed by atoms with van der Waals surface area (Å²) in [6, 6.07) is 12.3. The highest BCUT2D eigenvalue weighted by Gasteiger charge is 2.16. The van der Waals surface area contributed by atoms with Gasteiger partial charge in [-0.3, -0.25) is 10.1 Å². The van der Waals surface area contributed by atoms with Crippen LogP contribution in [-0.4, -0.2) is 30.8 Å². The van der Waals surface area contributed by atoms with Crippen LogP contribution < -0.4 is 5.32 Å². The van der Waals surface area contributed by atoms with Crippen molar-refractivity contribution in [2.24, 2.45) is 0 Å². The van der Waals surface area contributed by atoms with Gasteiger partial charge in [-0.1, -0.05) is 23.3 Å². The predicted octanol–water partition coefficient (Wildman–Crippen LogP) is 3.20. The van der Waals surface area contributed by atoms with E-state index in [1.807, 2.05) is 18.2 Å². The quantitative estimate of drug-likeness (QED) is 0.692. The number of rotatable bonds is 5. The highest BCUT2D eigenvalue weighted by atomic mass is 32.2. The van der Waals surface area contributed by atoms with E-state index in [0.717, 1.165) is 31.1 Å². The first-order valence-electron chi connectivity index (χ1n) is 9.43. The summed E-state index contributed by atoms with van der Waals surface area (Å²) in [5.74, 6) is 0.0453. The monoisotopic (exact) mass is 411 g/mol. The summed E-state index contributed by atoms with van der Waals surface area (Å²) in [4.78, 5) is 12.8. The van der Waals surface area contributed by atoms with Crippen molar-refractivity contribution >= 4 is 21.8 Å². The molecule has 0 fully saturated rings. The summed E-state index contributed by atoms with van der Waals surface area (Å²) in [5.41, 5.74) is 3.94. The number of aromatic nitrogens is 2. The molecule has 0 radical (unpaired) electrons. The lowest BCUT2D eigenvalue weighted by Crippen LogP contribution is -2.13. The predicted molar refractivity (Wildman–Crippen MR) is 108 cm³/mol. The number of sulfone groups is 1. The van der Waals surface area contributed by atoms with Gasteiger partial charge in [0.15, 0.2) is 9.84 Å². The molecule has 0 unspecified atom stereocenters. The van der Waals surface area contributed by atoms with Gasteiger partial charge < -0.3 is 4.42 Å². The summed E-state index contributed by atoms with van der Waals surface area (Å²) >= 11 is 0. The number of benzene rings is 2. The lowest BCUT2D eigenvalue weighted by molar-refractivity contribution is 0.102. The number of anilines is 1. The van der Waals surface area contributed by atoms with Crippen LogP contribution in [0.4, 0.5) is 6.01 Å². The van der Waals surface area contributed by atoms with E-state index in [9.17, 15) is 13.2 Å². The molecule has 1 aliphatic rings. The second-order valence-electron chi connectivity index (χ2n) is 7.24. The third kappa shape index (κ3) is 4.54. The molecule has 0 atom stereocenters. The van der Waals surface area contributed by atoms with Crippen LogP contribution in [0, 0.1) is 0 Å². The van der Waals surface area contributed by atoms with Crippen molar-refractivity contribution in [3.05, 3.63) is 70.6 Å². The van der Waals surface area contributed by atoms with Crippen molar-refractivity contribution < 1.29 is 17.6 Å². The summed E-state index contributed by atoms with van der Waals surface area (Å²) < 4.78 is 28.6. The van der Waals surface area contributed by atoms with Crippen LogP contribution in [0.2, 0.25) is 0 Å². The SMILES string of the molecule is CS(=O)(=O)c1ccc(Cc2nnc(NC(=O)c3ccc4c(c3)CCCC4)o2)cc1. The van der Waals surface area contributed by atoms with Gasteiger partial charge in [-0.05, 0) is 66.6 Å². The number of fused-ring (bicyclic) bond motifs is 1. The first-order valence-corrected chi connectivity index (χ1v) is 11.3. The Morgan fingerprint density at radius 3 is 2.48 bits per heavy atom. The van der Waals surface area contributed by atoms with Crippen LogP contribution in [0.5, 0.6) is 0 Å². The molecule has 29 heavy (non-hydrogen) atoms. The van der Waals surface area contributed by atoms with Crippen LogP contribution in [0.15, 0.2) is 51.8 Å². The Morgan fingerprint density at radius 1 is 1.03 bits per heavy atom. The number of nitrogens with zero attached hydrogens (tertiary/aromatic N) is 2. The summed E-state index contributed by atoms with van der Waals surface area (Å²) in [5, 5.41) is 10.5. The van der Waals surface area contributed by atoms with E-state index < -0.39 is 9.84 Å². The van der Waals surface area contributed by atoms with Crippen LogP contribution >= 0.6 is 0 Å². The molecule has 1 aliphatic carbocycles. The fourth-order valence-electron chi connectivity index (χ4n) is 3.45. The first kappa shape index (κ1) is 19.3. The van der Waals surface area contributed by atoms with E-state index in [0.29, 0.717) is 17.9 Å². The van der Waals surface area contributed by atoms with Gasteiger partial charge in [0.1, 0.15) is 0 Å². The van der Waals surface area contributed by atoms with Gasteiger partial charge in [0.2, 0.25) is 5.89 Å². The molecule has 150 valence electrons. The lowest BCUT2D eigenvalue weighted by atomic mass is 9.90. The van der Waals surface area contributed by atoms with Crippen LogP contribution in [0.25, 0.3) is 0 Å². The summed E-state index contributed by atoms with van der Waals surface area (Å²) in [6.45, 7) is 0. The maximum absolute atomic E-state index is 12.5. The van der Waals surface area contributed by atoms with Gasteiger partial charge in [-0.2, -0.15) is 0 Å². The molecule has 0 saturated carbocycles. The van der Waals surface area contributed by atoms with Gasteiger partial charge in [-0.25, -0.2) is 8.42 Å². The smallest absolute Gasteiger partial charge is 0.322 e. The molecule has 8 heteroatoms. The summed E-state index contributed by atoms with van der Waals surface area (Å²) in [6.07, 6.45) is 5.91. The standard InChI is InChI=1S/C21H21N3O4S/c1-29(26,27)18-10-6-14(7-11-18)12-19-23-24-21(28-19)22-20(25)17-9-8-15-4-2-3-5-16(15)13-17/h6-11,13H,2-5,12H2,1H3,(H,22,24,25). The van der Waals surface area contributed by atoms with Crippen molar-refractivity contribution in [2.45, 2.75) is 37.0 Å². The Labute approximate surface area is 169 Å². The summed E-state index contributed by atoms with van der Waals surface area (Å²) in [7, 11) is -3.23. The largest absolute Gasteiger partial charge is 0.407 e. The minimum absolute atomic E-state index is 0.0375. The fraction of sp³-hybridized carbons (Fsp3) is 0.286. The van der Waals surface area contributed by atoms with Gasteiger partial charge >= 0.3 is 6.01 Å². The Kier molecular flexibility index (Phi) is 5.19. The zero-order valence-electron chi connectivity index (χ0n) is 16.0. The molecule has 4 rings (SSSR count). The third-order valence-corrected chi connectivity index (χ3v) is 6.13. The molecule has 1 N–H and O–H groups in total. The molecular formula is C21H21N3O4S. The maximum atomic E-state index is 12.5. The highest BCUT2D eigenvalue weighted by Crippen LogP contribution is 2.23. The van der Waals surface area contributed by atoms with E-state index in [1.54, 1.807) is 24.3 Å². The number of nitrogens with one attached hydrogen (secondary N) is 1. The van der Waals surface area contributed by atoms with Crippen molar-refractivity contribution in [2.75, 3.05) is 11.6 Å². The molecule has 1 heterocycles. The fourth-order valence-corrected chi connectivity index (χ4v) is 4.08. The van der Waals surface area contributed by atoms with Gasteiger partial charge in [0.05, 0.1) is 11.3 Å². The van der Waals surface area contributed by atoms with Crippen LogP contribution in [0.1, 0.15) is 45.8 Å². The van der Waals surface area contributed by atoms with Gasteiger partial charge in [0.25, 0.3) is 5.91 Å². The van der Waals surface area contributed by atoms with Crippen molar-refractivity contribution in [1.29, 1.82) is 0 Å². The number of hydrogen-bond acceptors (Lipinski definition) is 6. The Morgan fingerprint density at radius 2 is 1.76 bits per heavy atom. The minimum atomic E-state index is -3.23. The van der Waals surface area contributed by atoms with E-state index in [2.05, 4.69) is 15.5 Å². The van der Waals surface area contributed by atoms with Gasteiger partial charge in [0, 0.05) is 11.8 Å². The topological polar surface area (TPSA) is 102 Å². The van der Waals surface area contributed by atoms with E-state index in [1.165, 1.54) is 17.5 Å². The third-order valence-electron chi connectivity index (χ3n) is 5.00. The number of carbonyl (C=O) groups excluding carboxylic acids is 1. The second-order valence-corrected chi connectivity index (χ2v) is 9.25. The van der Waals surface area contributed by atoms with Crippen molar-refractivity contribution in [3.63, 3.8) is 0 Å². The number of aryl methyl sites for hydroxylation is 2. The normalized spacial score (nSPS) is 13.7. The molecule has 0 spiro atoms. The lowest BCUT2D eigenvalue weighted by Gasteiger charge is -2.16. The van der Waals surface area contributed by atoms with E-state index >= 15 is 0 Å². The molecule has 0 saturated heterocycles. The highest BCUT2D eigenvalue weighted by molar-refractivity contribution is 7.90. The van der Waals surface area contributed by atoms with Crippen LogP contribution in [0.3, 0.4) is 0 Å². The minimum Gasteiger partial charge on any atom is -0.407 e. The molecule has 1 aromatic heterocycles. The molecule has 2 aromatic carbocycles. The number of hydrogen-bond donors (Lipinski definition) is 1. The Balaban J connectivity index is 1.42. The number of carbonyl (C=O) groups is 1. The number of amides is 1. The van der Waals surface area contributed by atoms with Crippen LogP contribution in [-0.2, 0) is 29.1 Å². The first-order chi connectivity index (χ1) is 13.9. The zero-order chi connectivity index (χ0) is 20.4. The molecule has 1 amide bonds. The van der Waals surface area contributed by atoms with E-state index in [4.69, 9.17) is 4.42 Å². The Bertz CT molecular complexity index is 1150. The molecule has 3 aromatic rings. The average molecular weight is 411 g/mol. The van der Waals surface area contributed by atoms with Crippen molar-refractivity contribution in [3.8, 4) is 0 Å². The average Bonchev–Trinajstić information content (AvgIpc) is 3.14. The molecular weight excluding hydrogens is 390 g/mol. The van der Waals surface area contributed by atoms with Gasteiger partial charge in [-0.15, -0.1) is 5.10 Å². The van der Waals surface area contributed by atoms with E-state index in [-0.39, 0.29) is 16.8 Å². The maximum Gasteiger partial charge on any atom is 0.322 e.